The van der Waals surface area contributed by atoms with Crippen LogP contribution >= 0.6 is 0 Å². The number of nitrogens with one attached hydrogen (secondary N) is 3. The van der Waals surface area contributed by atoms with E-state index in [2.05, 4.69) is 20.9 Å². The number of hydrogen-bond acceptors (Lipinski definition) is 8. The quantitative estimate of drug-likeness (QED) is 0.0506. The fourth-order valence-electron chi connectivity index (χ4n) is 3.44. The summed E-state index contributed by atoms with van der Waals surface area (Å²) in [5, 5.41) is 34.5. The molecule has 16 nitrogen and oxygen atoms in total. The maximum absolute atomic E-state index is 13.0. The molecular formula is C24H35N7O9. The lowest BCUT2D eigenvalue weighted by atomic mass is 10.0. The highest BCUT2D eigenvalue weighted by atomic mass is 16.4. The number of carboxylic acid groups (broad SMARTS) is 3. The van der Waals surface area contributed by atoms with Gasteiger partial charge in [-0.05, 0) is 24.8 Å². The van der Waals surface area contributed by atoms with Gasteiger partial charge in [0.25, 0.3) is 0 Å². The number of guanidine groups is 1. The number of carbonyl (C=O) groups is 6. The molecule has 12 N–H and O–H groups in total. The van der Waals surface area contributed by atoms with Crippen molar-refractivity contribution in [1.29, 1.82) is 0 Å². The van der Waals surface area contributed by atoms with Gasteiger partial charge >= 0.3 is 17.9 Å². The smallest absolute Gasteiger partial charge is 0.326 e. The molecule has 40 heavy (non-hydrogen) atoms. The van der Waals surface area contributed by atoms with Gasteiger partial charge in [-0.1, -0.05) is 30.3 Å². The van der Waals surface area contributed by atoms with Crippen molar-refractivity contribution in [2.24, 2.45) is 22.2 Å². The average Bonchev–Trinajstić information content (AvgIpc) is 2.87. The van der Waals surface area contributed by atoms with Crippen LogP contribution in [-0.2, 0) is 35.2 Å². The molecule has 1 aromatic rings. The minimum Gasteiger partial charge on any atom is -0.481 e. The summed E-state index contributed by atoms with van der Waals surface area (Å²) in [6, 6.07) is 2.56. The van der Waals surface area contributed by atoms with Crippen LogP contribution in [0, 0.1) is 0 Å². The van der Waals surface area contributed by atoms with E-state index in [-0.39, 0.29) is 25.3 Å². The zero-order valence-corrected chi connectivity index (χ0v) is 21.6. The Morgan fingerprint density at radius 3 is 1.90 bits per heavy atom. The average molecular weight is 566 g/mol. The van der Waals surface area contributed by atoms with Gasteiger partial charge in [0.2, 0.25) is 17.7 Å². The number of hydrogen-bond donors (Lipinski definition) is 9. The maximum atomic E-state index is 13.0. The van der Waals surface area contributed by atoms with Gasteiger partial charge in [-0.2, -0.15) is 0 Å². The van der Waals surface area contributed by atoms with Crippen molar-refractivity contribution in [3.05, 3.63) is 35.9 Å². The Labute approximate surface area is 229 Å². The van der Waals surface area contributed by atoms with Crippen LogP contribution in [0.4, 0.5) is 0 Å². The van der Waals surface area contributed by atoms with E-state index in [1.807, 2.05) is 0 Å². The molecule has 0 heterocycles. The van der Waals surface area contributed by atoms with Crippen molar-refractivity contribution < 1.29 is 44.1 Å². The predicted octanol–water partition coefficient (Wildman–Crippen LogP) is -2.51. The first-order valence-corrected chi connectivity index (χ1v) is 12.2. The van der Waals surface area contributed by atoms with E-state index in [1.165, 1.54) is 0 Å². The molecule has 1 rings (SSSR count). The van der Waals surface area contributed by atoms with Crippen LogP contribution in [0.25, 0.3) is 0 Å². The second-order valence-corrected chi connectivity index (χ2v) is 8.80. The summed E-state index contributed by atoms with van der Waals surface area (Å²) in [4.78, 5) is 76.3. The molecule has 0 radical (unpaired) electrons. The van der Waals surface area contributed by atoms with Crippen molar-refractivity contribution in [2.75, 3.05) is 6.54 Å². The third-order valence-electron chi connectivity index (χ3n) is 5.49. The van der Waals surface area contributed by atoms with Crippen LogP contribution in [0.1, 0.15) is 37.7 Å². The molecule has 0 fully saturated rings. The van der Waals surface area contributed by atoms with E-state index in [0.29, 0.717) is 12.0 Å². The normalized spacial score (nSPS) is 13.5. The zero-order chi connectivity index (χ0) is 30.2. The van der Waals surface area contributed by atoms with Crippen molar-refractivity contribution >= 4 is 41.6 Å². The fraction of sp³-hybridized carbons (Fsp3) is 0.458. The Morgan fingerprint density at radius 2 is 1.35 bits per heavy atom. The van der Waals surface area contributed by atoms with Crippen molar-refractivity contribution in [2.45, 2.75) is 62.7 Å². The van der Waals surface area contributed by atoms with Crippen LogP contribution < -0.4 is 33.2 Å². The number of carbonyl (C=O) groups excluding carboxylic acids is 3. The van der Waals surface area contributed by atoms with Crippen LogP contribution in [0.3, 0.4) is 0 Å². The fourth-order valence-corrected chi connectivity index (χ4v) is 3.44. The number of aliphatic imine (C=N–C) groups is 1. The molecular weight excluding hydrogens is 530 g/mol. The van der Waals surface area contributed by atoms with Crippen molar-refractivity contribution in [3.8, 4) is 0 Å². The molecule has 0 bridgehead atoms. The molecule has 3 amide bonds. The Bertz CT molecular complexity index is 1080. The highest BCUT2D eigenvalue weighted by Gasteiger charge is 2.32. The number of aliphatic carboxylic acids is 3. The van der Waals surface area contributed by atoms with E-state index in [4.69, 9.17) is 22.3 Å². The first-order chi connectivity index (χ1) is 18.8. The highest BCUT2D eigenvalue weighted by Crippen LogP contribution is 2.07. The minimum atomic E-state index is -1.74. The molecule has 0 aliphatic rings. The molecule has 220 valence electrons. The van der Waals surface area contributed by atoms with Gasteiger partial charge in [-0.25, -0.2) is 4.79 Å². The molecule has 16 heteroatoms. The van der Waals surface area contributed by atoms with Crippen molar-refractivity contribution in [3.63, 3.8) is 0 Å². The summed E-state index contributed by atoms with van der Waals surface area (Å²) < 4.78 is 0. The third-order valence-corrected chi connectivity index (χ3v) is 5.49. The lowest BCUT2D eigenvalue weighted by Gasteiger charge is -2.24. The van der Waals surface area contributed by atoms with Crippen molar-refractivity contribution in [1.82, 2.24) is 16.0 Å². The van der Waals surface area contributed by atoms with E-state index >= 15 is 0 Å². The summed E-state index contributed by atoms with van der Waals surface area (Å²) in [5.74, 6) is -7.25. The van der Waals surface area contributed by atoms with Gasteiger partial charge in [0.15, 0.2) is 5.96 Å². The molecule has 0 aromatic heterocycles. The zero-order valence-electron chi connectivity index (χ0n) is 21.6. The SMILES string of the molecule is NC(N)=NCCCC(N)C(=O)NC(CCC(=O)O)C(=O)NC(CC(=O)O)C(=O)NC(Cc1ccccc1)C(=O)O. The Morgan fingerprint density at radius 1 is 0.775 bits per heavy atom. The van der Waals surface area contributed by atoms with E-state index in [0.717, 1.165) is 0 Å². The van der Waals surface area contributed by atoms with E-state index < -0.39 is 79.1 Å². The number of benzene rings is 1. The largest absolute Gasteiger partial charge is 0.481 e. The summed E-state index contributed by atoms with van der Waals surface area (Å²) in [7, 11) is 0. The van der Waals surface area contributed by atoms with E-state index in [1.54, 1.807) is 30.3 Å². The number of nitrogens with zero attached hydrogens (tertiary/aromatic N) is 1. The Balaban J connectivity index is 2.98. The van der Waals surface area contributed by atoms with Crippen LogP contribution in [-0.4, -0.2) is 87.6 Å². The second-order valence-electron chi connectivity index (χ2n) is 8.80. The third kappa shape index (κ3) is 13.2. The van der Waals surface area contributed by atoms with Gasteiger partial charge in [-0.15, -0.1) is 0 Å². The minimum absolute atomic E-state index is 0.117. The second kappa shape index (κ2) is 17.0. The van der Waals surface area contributed by atoms with Gasteiger partial charge in [-0.3, -0.25) is 29.0 Å². The van der Waals surface area contributed by atoms with Crippen LogP contribution in [0.15, 0.2) is 35.3 Å². The topological polar surface area (TPSA) is 290 Å². The molecule has 0 saturated heterocycles. The maximum Gasteiger partial charge on any atom is 0.326 e. The molecule has 0 aliphatic carbocycles. The van der Waals surface area contributed by atoms with Gasteiger partial charge in [0.05, 0.1) is 12.5 Å². The standard InChI is InChI=1S/C24H35N7O9/c25-14(7-4-10-28-24(26)27)20(36)29-15(8-9-18(32)33)21(37)30-16(12-19(34)35)22(38)31-17(23(39)40)11-13-5-2-1-3-6-13/h1-3,5-6,14-17H,4,7-12,25H2,(H,29,36)(H,30,37)(H,31,38)(H,32,33)(H,34,35)(H,39,40)(H4,26,27,28). The first-order valence-electron chi connectivity index (χ1n) is 12.2. The number of carboxylic acids is 3. The predicted molar refractivity (Wildman–Crippen MR) is 141 cm³/mol. The lowest BCUT2D eigenvalue weighted by molar-refractivity contribution is -0.143. The van der Waals surface area contributed by atoms with Gasteiger partial charge in [0, 0.05) is 19.4 Å². The summed E-state index contributed by atoms with van der Waals surface area (Å²) in [5.41, 5.74) is 16.9. The lowest BCUT2D eigenvalue weighted by Crippen LogP contribution is -2.57. The monoisotopic (exact) mass is 565 g/mol. The molecule has 4 atom stereocenters. The number of amides is 3. The first kappa shape index (κ1) is 33.3. The molecule has 0 saturated carbocycles. The number of nitrogens with two attached hydrogens (primary N) is 3. The summed E-state index contributed by atoms with van der Waals surface area (Å²) in [6.45, 7) is 0.194. The molecule has 0 aliphatic heterocycles. The van der Waals surface area contributed by atoms with E-state index in [9.17, 15) is 39.0 Å². The summed E-state index contributed by atoms with van der Waals surface area (Å²) in [6.07, 6.45) is -1.54. The summed E-state index contributed by atoms with van der Waals surface area (Å²) >= 11 is 0. The molecule has 1 aromatic carbocycles. The molecule has 0 spiro atoms. The Hall–Kier alpha value is -4.73. The number of rotatable bonds is 18. The molecule has 4 unspecified atom stereocenters. The van der Waals surface area contributed by atoms with Crippen LogP contribution in [0.5, 0.6) is 0 Å². The van der Waals surface area contributed by atoms with Crippen LogP contribution in [0.2, 0.25) is 0 Å². The highest BCUT2D eigenvalue weighted by molar-refractivity contribution is 5.95. The van der Waals surface area contributed by atoms with Gasteiger partial charge < -0.3 is 48.5 Å². The Kier molecular flexibility index (Phi) is 14.1. The van der Waals surface area contributed by atoms with Gasteiger partial charge in [0.1, 0.15) is 18.1 Å².